The molecule has 0 radical (unpaired) electrons. The van der Waals surface area contributed by atoms with Gasteiger partial charge >= 0.3 is 5.97 Å². The predicted octanol–water partition coefficient (Wildman–Crippen LogP) is 2.52. The lowest BCUT2D eigenvalue weighted by Gasteiger charge is -2.04. The average molecular weight is 412 g/mol. The molecule has 2 aromatic carbocycles. The number of hydrogen-bond donors (Lipinski definition) is 2. The van der Waals surface area contributed by atoms with E-state index < -0.39 is 17.5 Å². The lowest BCUT2D eigenvalue weighted by Crippen LogP contribution is -2.22. The lowest BCUT2D eigenvalue weighted by molar-refractivity contribution is 0.0697. The van der Waals surface area contributed by atoms with E-state index >= 15 is 0 Å². The number of fused-ring (bicyclic) bond motifs is 1. The van der Waals surface area contributed by atoms with Crippen molar-refractivity contribution < 1.29 is 24.1 Å². The highest BCUT2D eigenvalue weighted by atomic mass is 32.1. The standard InChI is InChI=1S/C20H13FN2O5S/c1-28-15-7-10(6-13(21)17(15)24)8-16-18(25)23-9-14(22-20(23)29-16)11-2-4-12(5-3-11)19(26)27/h2-9,24H,1H3,(H,26,27). The summed E-state index contributed by atoms with van der Waals surface area (Å²) in [6.45, 7) is 0. The third-order valence-corrected chi connectivity index (χ3v) is 5.28. The number of carboxylic acids is 1. The Balaban J connectivity index is 1.76. The molecule has 146 valence electrons. The quantitative estimate of drug-likeness (QED) is 0.534. The number of benzene rings is 2. The maximum atomic E-state index is 13.8. The highest BCUT2D eigenvalue weighted by Crippen LogP contribution is 2.30. The molecule has 0 aliphatic heterocycles. The van der Waals surface area contributed by atoms with Gasteiger partial charge in [-0.25, -0.2) is 14.2 Å². The molecule has 0 atom stereocenters. The molecular formula is C20H13FN2O5S. The van der Waals surface area contributed by atoms with E-state index in [0.29, 0.717) is 26.3 Å². The van der Waals surface area contributed by atoms with E-state index in [4.69, 9.17) is 9.84 Å². The van der Waals surface area contributed by atoms with E-state index in [-0.39, 0.29) is 16.9 Å². The number of nitrogens with zero attached hydrogens (tertiary/aromatic N) is 2. The van der Waals surface area contributed by atoms with E-state index in [2.05, 4.69) is 4.98 Å². The Morgan fingerprint density at radius 2 is 2.00 bits per heavy atom. The molecule has 29 heavy (non-hydrogen) atoms. The Bertz CT molecular complexity index is 1360. The van der Waals surface area contributed by atoms with Crippen LogP contribution in [0, 0.1) is 5.82 Å². The number of methoxy groups -OCH3 is 1. The van der Waals surface area contributed by atoms with Gasteiger partial charge in [-0.15, -0.1) is 0 Å². The molecule has 2 aromatic heterocycles. The monoisotopic (exact) mass is 412 g/mol. The van der Waals surface area contributed by atoms with Gasteiger partial charge in [0, 0.05) is 11.8 Å². The number of carbonyl (C=O) groups is 1. The van der Waals surface area contributed by atoms with Gasteiger partial charge in [-0.3, -0.25) is 9.20 Å². The summed E-state index contributed by atoms with van der Waals surface area (Å²) in [7, 11) is 1.31. The predicted molar refractivity (Wildman–Crippen MR) is 105 cm³/mol. The van der Waals surface area contributed by atoms with Gasteiger partial charge in [0.1, 0.15) is 0 Å². The zero-order valence-corrected chi connectivity index (χ0v) is 15.7. The van der Waals surface area contributed by atoms with Gasteiger partial charge in [-0.1, -0.05) is 23.5 Å². The van der Waals surface area contributed by atoms with Crippen LogP contribution in [0.25, 0.3) is 22.3 Å². The van der Waals surface area contributed by atoms with Gasteiger partial charge in [-0.05, 0) is 35.9 Å². The van der Waals surface area contributed by atoms with Gasteiger partial charge in [0.05, 0.1) is 22.9 Å². The van der Waals surface area contributed by atoms with E-state index in [1.54, 1.807) is 18.3 Å². The van der Waals surface area contributed by atoms with Crippen molar-refractivity contribution in [1.82, 2.24) is 9.38 Å². The molecule has 0 aliphatic rings. The number of aromatic nitrogens is 2. The smallest absolute Gasteiger partial charge is 0.335 e. The van der Waals surface area contributed by atoms with E-state index in [1.165, 1.54) is 35.8 Å². The van der Waals surface area contributed by atoms with Crippen molar-refractivity contribution >= 4 is 28.3 Å². The van der Waals surface area contributed by atoms with Crippen LogP contribution in [-0.4, -0.2) is 32.7 Å². The van der Waals surface area contributed by atoms with Crippen molar-refractivity contribution in [3.05, 3.63) is 74.4 Å². The number of ether oxygens (including phenoxy) is 1. The number of halogens is 1. The Kier molecular flexibility index (Phi) is 4.51. The lowest BCUT2D eigenvalue weighted by atomic mass is 10.1. The Morgan fingerprint density at radius 1 is 1.28 bits per heavy atom. The van der Waals surface area contributed by atoms with Crippen molar-refractivity contribution in [3.8, 4) is 22.8 Å². The average Bonchev–Trinajstić information content (AvgIpc) is 3.24. The summed E-state index contributed by atoms with van der Waals surface area (Å²) < 4.78 is 20.5. The maximum Gasteiger partial charge on any atom is 0.335 e. The molecule has 2 heterocycles. The van der Waals surface area contributed by atoms with E-state index in [9.17, 15) is 19.1 Å². The van der Waals surface area contributed by atoms with Crippen LogP contribution < -0.4 is 14.8 Å². The van der Waals surface area contributed by atoms with Gasteiger partial charge in [0.15, 0.2) is 22.3 Å². The minimum absolute atomic E-state index is 0.0304. The van der Waals surface area contributed by atoms with Crippen LogP contribution in [0.1, 0.15) is 15.9 Å². The highest BCUT2D eigenvalue weighted by Gasteiger charge is 2.13. The van der Waals surface area contributed by atoms with Crippen molar-refractivity contribution in [2.45, 2.75) is 0 Å². The third kappa shape index (κ3) is 3.32. The summed E-state index contributed by atoms with van der Waals surface area (Å²) >= 11 is 1.13. The Hall–Kier alpha value is -3.72. The number of thiazole rings is 1. The molecule has 7 nitrogen and oxygen atoms in total. The number of phenols is 1. The normalized spacial score (nSPS) is 11.9. The van der Waals surface area contributed by atoms with Crippen LogP contribution in [0.15, 0.2) is 47.4 Å². The van der Waals surface area contributed by atoms with Gasteiger partial charge in [0.25, 0.3) is 5.56 Å². The summed E-state index contributed by atoms with van der Waals surface area (Å²) in [5.74, 6) is -2.49. The first-order valence-corrected chi connectivity index (χ1v) is 9.13. The molecular weight excluding hydrogens is 399 g/mol. The summed E-state index contributed by atoms with van der Waals surface area (Å²) in [6, 6.07) is 8.72. The molecule has 9 heteroatoms. The summed E-state index contributed by atoms with van der Waals surface area (Å²) in [5.41, 5.74) is 1.42. The zero-order chi connectivity index (χ0) is 20.7. The van der Waals surface area contributed by atoms with E-state index in [0.717, 1.165) is 17.4 Å². The summed E-state index contributed by atoms with van der Waals surface area (Å²) in [6.07, 6.45) is 3.06. The van der Waals surface area contributed by atoms with Crippen molar-refractivity contribution in [3.63, 3.8) is 0 Å². The number of phenolic OH excluding ortho intramolecular Hbond substituents is 1. The number of rotatable bonds is 4. The summed E-state index contributed by atoms with van der Waals surface area (Å²) in [4.78, 5) is 28.5. The maximum absolute atomic E-state index is 13.8. The highest BCUT2D eigenvalue weighted by molar-refractivity contribution is 7.15. The number of aromatic carboxylic acids is 1. The summed E-state index contributed by atoms with van der Waals surface area (Å²) in [5, 5.41) is 18.6. The number of aromatic hydroxyl groups is 1. The molecule has 0 saturated carbocycles. The molecule has 4 rings (SSSR count). The van der Waals surface area contributed by atoms with Crippen molar-refractivity contribution in [2.75, 3.05) is 7.11 Å². The van der Waals surface area contributed by atoms with Crippen LogP contribution in [0.5, 0.6) is 11.5 Å². The molecule has 0 bridgehead atoms. The molecule has 0 saturated heterocycles. The number of carboxylic acid groups (broad SMARTS) is 1. The van der Waals surface area contributed by atoms with E-state index in [1.807, 2.05) is 0 Å². The molecule has 0 spiro atoms. The fourth-order valence-electron chi connectivity index (χ4n) is 2.84. The van der Waals surface area contributed by atoms with Crippen LogP contribution >= 0.6 is 11.3 Å². The molecule has 0 unspecified atom stereocenters. The Labute approximate surface area is 166 Å². The second-order valence-electron chi connectivity index (χ2n) is 6.13. The van der Waals surface area contributed by atoms with Crippen molar-refractivity contribution in [1.29, 1.82) is 0 Å². The topological polar surface area (TPSA) is 101 Å². The fourth-order valence-corrected chi connectivity index (χ4v) is 3.79. The molecule has 2 N–H and O–H groups in total. The molecule has 0 amide bonds. The number of imidazole rings is 1. The van der Waals surface area contributed by atoms with Crippen LogP contribution in [0.4, 0.5) is 4.39 Å². The first kappa shape index (κ1) is 18.6. The molecule has 4 aromatic rings. The first-order chi connectivity index (χ1) is 13.9. The number of hydrogen-bond acceptors (Lipinski definition) is 6. The second-order valence-corrected chi connectivity index (χ2v) is 7.14. The zero-order valence-electron chi connectivity index (χ0n) is 14.9. The van der Waals surface area contributed by atoms with Crippen LogP contribution in [-0.2, 0) is 0 Å². The minimum Gasteiger partial charge on any atom is -0.502 e. The van der Waals surface area contributed by atoms with Crippen LogP contribution in [0.2, 0.25) is 0 Å². The molecule has 0 aliphatic carbocycles. The van der Waals surface area contributed by atoms with Crippen molar-refractivity contribution in [2.24, 2.45) is 0 Å². The fraction of sp³-hybridized carbons (Fsp3) is 0.0500. The van der Waals surface area contributed by atoms with Crippen LogP contribution in [0.3, 0.4) is 0 Å². The van der Waals surface area contributed by atoms with Gasteiger partial charge in [0.2, 0.25) is 0 Å². The van der Waals surface area contributed by atoms with Gasteiger partial charge < -0.3 is 14.9 Å². The third-order valence-electron chi connectivity index (χ3n) is 4.30. The van der Waals surface area contributed by atoms with Gasteiger partial charge in [-0.2, -0.15) is 0 Å². The second kappa shape index (κ2) is 7.02. The largest absolute Gasteiger partial charge is 0.502 e. The SMILES string of the molecule is COc1cc(C=c2sc3nc(-c4ccc(C(=O)O)cc4)cn3c2=O)cc(F)c1O. The molecule has 0 fully saturated rings. The minimum atomic E-state index is -1.02. The Morgan fingerprint density at radius 3 is 2.62 bits per heavy atom. The first-order valence-electron chi connectivity index (χ1n) is 8.31.